The van der Waals surface area contributed by atoms with Gasteiger partial charge in [-0.05, 0) is 54.8 Å². The molecule has 8 nitrogen and oxygen atoms in total. The summed E-state index contributed by atoms with van der Waals surface area (Å²) in [5.41, 5.74) is 0.760. The van der Waals surface area contributed by atoms with E-state index in [-0.39, 0.29) is 28.8 Å². The van der Waals surface area contributed by atoms with Crippen molar-refractivity contribution >= 4 is 50.7 Å². The van der Waals surface area contributed by atoms with Crippen LogP contribution in [0.4, 0.5) is 5.69 Å². The second-order valence-corrected chi connectivity index (χ2v) is 12.0. The number of carbonyl (C=O) groups excluding carboxylic acids is 2. The summed E-state index contributed by atoms with van der Waals surface area (Å²) in [6.07, 6.45) is 1.98. The van der Waals surface area contributed by atoms with Crippen LogP contribution in [0.25, 0.3) is 0 Å². The molecule has 220 valence electrons. The standard InChI is InChI=1S/C30H35Cl2N3O5S/c1-4-6-18-33-30(37)26(5-2)34(20-22-16-17-23(31)19-25(22)32)29(36)21-35(27-14-10-11-15-28(27)40-3)41(38,39)24-12-8-7-9-13-24/h7-17,19,26H,4-6,18,20-21H2,1-3H3,(H,33,37). The lowest BCUT2D eigenvalue weighted by Crippen LogP contribution is -2.52. The van der Waals surface area contributed by atoms with Crippen LogP contribution in [0.3, 0.4) is 0 Å². The molecule has 0 heterocycles. The summed E-state index contributed by atoms with van der Waals surface area (Å²) >= 11 is 12.5. The Balaban J connectivity index is 2.08. The van der Waals surface area contributed by atoms with Crippen molar-refractivity contribution in [3.8, 4) is 5.75 Å². The monoisotopic (exact) mass is 619 g/mol. The predicted octanol–water partition coefficient (Wildman–Crippen LogP) is 5.92. The number of benzene rings is 3. The molecule has 3 rings (SSSR count). The molecule has 0 saturated heterocycles. The number of sulfonamides is 1. The van der Waals surface area contributed by atoms with Crippen LogP contribution < -0.4 is 14.4 Å². The molecular formula is C30H35Cl2N3O5S. The van der Waals surface area contributed by atoms with Crippen LogP contribution in [-0.2, 0) is 26.2 Å². The van der Waals surface area contributed by atoms with Crippen LogP contribution in [0.15, 0.2) is 77.7 Å². The molecule has 1 unspecified atom stereocenters. The molecule has 0 aliphatic carbocycles. The van der Waals surface area contributed by atoms with Crippen LogP contribution >= 0.6 is 23.2 Å². The molecule has 0 aromatic heterocycles. The van der Waals surface area contributed by atoms with E-state index in [2.05, 4.69) is 5.32 Å². The molecule has 2 amide bonds. The first-order valence-corrected chi connectivity index (χ1v) is 15.6. The Kier molecular flexibility index (Phi) is 11.9. The highest BCUT2D eigenvalue weighted by Crippen LogP contribution is 2.33. The lowest BCUT2D eigenvalue weighted by Gasteiger charge is -2.33. The van der Waals surface area contributed by atoms with Crippen molar-refractivity contribution in [3.05, 3.63) is 88.4 Å². The average Bonchev–Trinajstić information content (AvgIpc) is 2.97. The van der Waals surface area contributed by atoms with Gasteiger partial charge in [0.25, 0.3) is 10.0 Å². The van der Waals surface area contributed by atoms with Crippen LogP contribution in [0, 0.1) is 0 Å². The summed E-state index contributed by atoms with van der Waals surface area (Å²) in [4.78, 5) is 28.8. The molecule has 3 aromatic carbocycles. The van der Waals surface area contributed by atoms with Gasteiger partial charge < -0.3 is 15.0 Å². The fourth-order valence-corrected chi connectivity index (χ4v) is 6.24. The van der Waals surface area contributed by atoms with Crippen LogP contribution in [-0.4, -0.2) is 51.4 Å². The summed E-state index contributed by atoms with van der Waals surface area (Å²) in [5, 5.41) is 3.66. The molecule has 0 aliphatic rings. The maximum absolute atomic E-state index is 14.2. The number of nitrogens with zero attached hydrogens (tertiary/aromatic N) is 2. The Morgan fingerprint density at radius 2 is 1.66 bits per heavy atom. The first-order chi connectivity index (χ1) is 19.6. The first kappa shape index (κ1) is 32.2. The number of hydrogen-bond acceptors (Lipinski definition) is 5. The molecule has 1 atom stereocenters. The molecule has 0 radical (unpaired) electrons. The minimum absolute atomic E-state index is 0.00959. The third-order valence-electron chi connectivity index (χ3n) is 6.54. The normalized spacial score (nSPS) is 11.9. The Bertz CT molecular complexity index is 1440. The van der Waals surface area contributed by atoms with E-state index in [0.717, 1.165) is 17.1 Å². The second kappa shape index (κ2) is 15.1. The highest BCUT2D eigenvalue weighted by molar-refractivity contribution is 7.92. The Hall–Kier alpha value is -3.27. The van der Waals surface area contributed by atoms with E-state index >= 15 is 0 Å². The highest BCUT2D eigenvalue weighted by Gasteiger charge is 2.34. The number of hydrogen-bond donors (Lipinski definition) is 1. The van der Waals surface area contributed by atoms with Gasteiger partial charge in [-0.25, -0.2) is 8.42 Å². The van der Waals surface area contributed by atoms with E-state index in [1.807, 2.05) is 6.92 Å². The SMILES string of the molecule is CCCCNC(=O)C(CC)N(Cc1ccc(Cl)cc1Cl)C(=O)CN(c1ccccc1OC)S(=O)(=O)c1ccccc1. The number of anilines is 1. The molecule has 1 N–H and O–H groups in total. The molecule has 0 aliphatic heterocycles. The number of para-hydroxylation sites is 2. The van der Waals surface area contributed by atoms with Crippen molar-refractivity contribution in [3.63, 3.8) is 0 Å². The van der Waals surface area contributed by atoms with Gasteiger partial charge in [0.15, 0.2) is 0 Å². The molecule has 0 bridgehead atoms. The van der Waals surface area contributed by atoms with Crippen molar-refractivity contribution in [2.45, 2.75) is 50.6 Å². The van der Waals surface area contributed by atoms with Crippen LogP contribution in [0.5, 0.6) is 5.75 Å². The number of rotatable bonds is 14. The van der Waals surface area contributed by atoms with Crippen molar-refractivity contribution < 1.29 is 22.7 Å². The zero-order valence-electron chi connectivity index (χ0n) is 23.3. The minimum Gasteiger partial charge on any atom is -0.495 e. The third-order valence-corrected chi connectivity index (χ3v) is 8.90. The van der Waals surface area contributed by atoms with E-state index in [4.69, 9.17) is 27.9 Å². The zero-order valence-corrected chi connectivity index (χ0v) is 25.7. The number of ether oxygens (including phenoxy) is 1. The van der Waals surface area contributed by atoms with Gasteiger partial charge in [-0.1, -0.05) is 79.9 Å². The topological polar surface area (TPSA) is 96.0 Å². The largest absolute Gasteiger partial charge is 0.495 e. The Morgan fingerprint density at radius 1 is 0.976 bits per heavy atom. The second-order valence-electron chi connectivity index (χ2n) is 9.32. The fourth-order valence-electron chi connectivity index (χ4n) is 4.33. The van der Waals surface area contributed by atoms with E-state index in [1.165, 1.54) is 24.1 Å². The third kappa shape index (κ3) is 8.15. The Morgan fingerprint density at radius 3 is 2.29 bits per heavy atom. The molecule has 41 heavy (non-hydrogen) atoms. The minimum atomic E-state index is -4.21. The lowest BCUT2D eigenvalue weighted by atomic mass is 10.1. The van der Waals surface area contributed by atoms with Gasteiger partial charge in [-0.3, -0.25) is 13.9 Å². The molecule has 0 spiro atoms. The maximum atomic E-state index is 14.2. The van der Waals surface area contributed by atoms with Crippen molar-refractivity contribution in [2.75, 3.05) is 24.5 Å². The highest BCUT2D eigenvalue weighted by atomic mass is 35.5. The number of unbranched alkanes of at least 4 members (excludes halogenated alkanes) is 1. The van der Waals surface area contributed by atoms with E-state index in [9.17, 15) is 18.0 Å². The van der Waals surface area contributed by atoms with Gasteiger partial charge >= 0.3 is 0 Å². The zero-order chi connectivity index (χ0) is 30.0. The average molecular weight is 621 g/mol. The van der Waals surface area contributed by atoms with E-state index in [1.54, 1.807) is 67.6 Å². The number of halogens is 2. The maximum Gasteiger partial charge on any atom is 0.264 e. The quantitative estimate of drug-likeness (QED) is 0.226. The summed E-state index contributed by atoms with van der Waals surface area (Å²) in [5.74, 6) is -0.635. The number of amides is 2. The van der Waals surface area contributed by atoms with Gasteiger partial charge in [-0.2, -0.15) is 0 Å². The molecule has 3 aromatic rings. The molecular weight excluding hydrogens is 585 g/mol. The Labute approximate surface area is 252 Å². The van der Waals surface area contributed by atoms with Gasteiger partial charge in [0, 0.05) is 23.1 Å². The van der Waals surface area contributed by atoms with E-state index in [0.29, 0.717) is 28.6 Å². The number of carbonyl (C=O) groups is 2. The van der Waals surface area contributed by atoms with Crippen LogP contribution in [0.2, 0.25) is 10.0 Å². The molecule has 0 fully saturated rings. The van der Waals surface area contributed by atoms with Crippen LogP contribution in [0.1, 0.15) is 38.7 Å². The van der Waals surface area contributed by atoms with Crippen molar-refractivity contribution in [1.82, 2.24) is 10.2 Å². The van der Waals surface area contributed by atoms with Gasteiger partial charge in [0.2, 0.25) is 11.8 Å². The number of nitrogens with one attached hydrogen (secondary N) is 1. The van der Waals surface area contributed by atoms with E-state index < -0.39 is 28.5 Å². The summed E-state index contributed by atoms with van der Waals surface area (Å²) in [6.45, 7) is 3.67. The smallest absolute Gasteiger partial charge is 0.264 e. The molecule has 0 saturated carbocycles. The van der Waals surface area contributed by atoms with Gasteiger partial charge in [-0.15, -0.1) is 0 Å². The van der Waals surface area contributed by atoms with Gasteiger partial charge in [0.05, 0.1) is 17.7 Å². The predicted molar refractivity (Wildman–Crippen MR) is 163 cm³/mol. The summed E-state index contributed by atoms with van der Waals surface area (Å²) in [7, 11) is -2.78. The van der Waals surface area contributed by atoms with Crippen molar-refractivity contribution in [2.24, 2.45) is 0 Å². The van der Waals surface area contributed by atoms with Crippen molar-refractivity contribution in [1.29, 1.82) is 0 Å². The summed E-state index contributed by atoms with van der Waals surface area (Å²) < 4.78 is 34.4. The summed E-state index contributed by atoms with van der Waals surface area (Å²) in [6, 6.07) is 18.4. The first-order valence-electron chi connectivity index (χ1n) is 13.4. The fraction of sp³-hybridized carbons (Fsp3) is 0.333. The lowest BCUT2D eigenvalue weighted by molar-refractivity contribution is -0.140. The van der Waals surface area contributed by atoms with Gasteiger partial charge in [0.1, 0.15) is 18.3 Å². The number of methoxy groups -OCH3 is 1. The molecule has 11 heteroatoms.